The first kappa shape index (κ1) is 19.8. The molecule has 1 aliphatic carbocycles. The molecule has 0 atom stereocenters. The van der Waals surface area contributed by atoms with Crippen molar-refractivity contribution in [1.82, 2.24) is 24.8 Å². The van der Waals surface area contributed by atoms with Crippen LogP contribution in [0.1, 0.15) is 31.4 Å². The van der Waals surface area contributed by atoms with E-state index in [9.17, 15) is 10.2 Å². The molecule has 0 amide bonds. The summed E-state index contributed by atoms with van der Waals surface area (Å²) in [5, 5.41) is 36.2. The van der Waals surface area contributed by atoms with Gasteiger partial charge in [0.05, 0.1) is 18.2 Å². The highest BCUT2D eigenvalue weighted by atomic mass is 16.3. The maximum absolute atomic E-state index is 9.77. The van der Waals surface area contributed by atoms with Crippen LogP contribution in [0.5, 0.6) is 0 Å². The van der Waals surface area contributed by atoms with Crippen LogP contribution in [0.2, 0.25) is 0 Å². The van der Waals surface area contributed by atoms with Gasteiger partial charge in [0.2, 0.25) is 5.95 Å². The van der Waals surface area contributed by atoms with Gasteiger partial charge in [0.25, 0.3) is 0 Å². The van der Waals surface area contributed by atoms with E-state index in [0.717, 1.165) is 59.4 Å². The molecule has 1 fully saturated rings. The first-order valence-corrected chi connectivity index (χ1v) is 10.8. The minimum atomic E-state index is -0.186. The number of aromatic amines is 1. The summed E-state index contributed by atoms with van der Waals surface area (Å²) in [4.78, 5) is 6.62. The number of aliphatic hydroxyl groups excluding tert-OH is 2. The van der Waals surface area contributed by atoms with Crippen LogP contribution in [0.3, 0.4) is 0 Å². The summed E-state index contributed by atoms with van der Waals surface area (Å²) >= 11 is 0. The lowest BCUT2D eigenvalue weighted by molar-refractivity contribution is 0.126. The zero-order chi connectivity index (χ0) is 21.4. The molecule has 0 unspecified atom stereocenters. The van der Waals surface area contributed by atoms with Crippen molar-refractivity contribution in [3.63, 3.8) is 0 Å². The summed E-state index contributed by atoms with van der Waals surface area (Å²) < 4.78 is 1.81. The molecule has 5 rings (SSSR count). The summed E-state index contributed by atoms with van der Waals surface area (Å²) in [7, 11) is 0. The van der Waals surface area contributed by atoms with E-state index in [0.29, 0.717) is 18.5 Å². The van der Waals surface area contributed by atoms with Gasteiger partial charge in [-0.1, -0.05) is 6.07 Å². The molecule has 3 aromatic heterocycles. The zero-order valence-electron chi connectivity index (χ0n) is 17.5. The van der Waals surface area contributed by atoms with Crippen LogP contribution in [0.25, 0.3) is 16.6 Å². The molecule has 3 heterocycles. The van der Waals surface area contributed by atoms with Crippen LogP contribution < -0.4 is 10.2 Å². The van der Waals surface area contributed by atoms with Crippen molar-refractivity contribution >= 4 is 34.0 Å². The van der Waals surface area contributed by atoms with Crippen LogP contribution in [-0.4, -0.2) is 60.3 Å². The van der Waals surface area contributed by atoms with E-state index in [1.54, 1.807) is 0 Å². The molecule has 0 spiro atoms. The topological polar surface area (TPSA) is 115 Å². The lowest BCUT2D eigenvalue weighted by Crippen LogP contribution is -2.29. The highest BCUT2D eigenvalue weighted by Crippen LogP contribution is 2.28. The Morgan fingerprint density at radius 1 is 1.19 bits per heavy atom. The third-order valence-electron chi connectivity index (χ3n) is 6.00. The minimum Gasteiger partial charge on any atom is -0.395 e. The largest absolute Gasteiger partial charge is 0.395 e. The van der Waals surface area contributed by atoms with Crippen LogP contribution in [0.15, 0.2) is 36.4 Å². The molecule has 31 heavy (non-hydrogen) atoms. The summed E-state index contributed by atoms with van der Waals surface area (Å²) in [6.45, 7) is 2.34. The first-order valence-electron chi connectivity index (χ1n) is 10.8. The molecule has 0 bridgehead atoms. The lowest BCUT2D eigenvalue weighted by atomic mass is 9.93. The Hall–Kier alpha value is -3.17. The molecule has 1 aliphatic rings. The molecule has 0 saturated heterocycles. The number of nitrogens with one attached hydrogen (secondary N) is 2. The molecule has 0 aliphatic heterocycles. The van der Waals surface area contributed by atoms with Crippen molar-refractivity contribution in [3.8, 4) is 0 Å². The van der Waals surface area contributed by atoms with Crippen molar-refractivity contribution in [1.29, 1.82) is 0 Å². The van der Waals surface area contributed by atoms with E-state index in [2.05, 4.69) is 15.5 Å². The van der Waals surface area contributed by atoms with Gasteiger partial charge in [0.15, 0.2) is 5.65 Å². The lowest BCUT2D eigenvalue weighted by Gasteiger charge is -2.27. The normalized spacial score (nSPS) is 19.2. The highest BCUT2D eigenvalue weighted by molar-refractivity contribution is 5.85. The number of nitrogens with zero attached hydrogens (tertiary/aromatic N) is 5. The van der Waals surface area contributed by atoms with E-state index in [1.807, 2.05) is 52.7 Å². The SMILES string of the molecule is Cc1[nH]nc2cc(N(CCO)c3nc4cccc(NC5CCC(O)CC5)n4n3)ccc12. The predicted molar refractivity (Wildman–Crippen MR) is 120 cm³/mol. The number of H-pyrrole nitrogens is 1. The van der Waals surface area contributed by atoms with Crippen LogP contribution in [0, 0.1) is 6.92 Å². The van der Waals surface area contributed by atoms with E-state index < -0.39 is 0 Å². The molecule has 1 aromatic carbocycles. The number of aryl methyl sites for hydroxylation is 1. The zero-order valence-corrected chi connectivity index (χ0v) is 17.5. The number of hydrogen-bond acceptors (Lipinski definition) is 7. The number of rotatable bonds is 6. The fourth-order valence-corrected chi connectivity index (χ4v) is 4.29. The quantitative estimate of drug-likeness (QED) is 0.378. The fourth-order valence-electron chi connectivity index (χ4n) is 4.29. The van der Waals surface area contributed by atoms with E-state index in [-0.39, 0.29) is 12.7 Å². The molecular weight excluding hydrogens is 394 g/mol. The first-order chi connectivity index (χ1) is 15.1. The van der Waals surface area contributed by atoms with Gasteiger partial charge < -0.3 is 20.4 Å². The van der Waals surface area contributed by atoms with Gasteiger partial charge >= 0.3 is 0 Å². The van der Waals surface area contributed by atoms with Crippen LogP contribution >= 0.6 is 0 Å². The molecule has 1 saturated carbocycles. The van der Waals surface area contributed by atoms with E-state index in [4.69, 9.17) is 10.1 Å². The Morgan fingerprint density at radius 3 is 2.84 bits per heavy atom. The summed E-state index contributed by atoms with van der Waals surface area (Å²) in [5.74, 6) is 1.40. The number of hydrogen-bond donors (Lipinski definition) is 4. The molecule has 0 radical (unpaired) electrons. The molecule has 162 valence electrons. The second-order valence-corrected chi connectivity index (χ2v) is 8.17. The van der Waals surface area contributed by atoms with Gasteiger partial charge in [0, 0.05) is 29.4 Å². The molecular formula is C22H27N7O2. The summed E-state index contributed by atoms with van der Waals surface area (Å²) in [6.07, 6.45) is 3.30. The Morgan fingerprint density at radius 2 is 2.03 bits per heavy atom. The van der Waals surface area contributed by atoms with E-state index in [1.165, 1.54) is 0 Å². The van der Waals surface area contributed by atoms with Gasteiger partial charge in [-0.05, 0) is 62.9 Å². The Labute approximate surface area is 179 Å². The van der Waals surface area contributed by atoms with Gasteiger partial charge in [-0.2, -0.15) is 14.6 Å². The number of pyridine rings is 1. The van der Waals surface area contributed by atoms with Gasteiger partial charge in [-0.3, -0.25) is 5.10 Å². The molecule has 4 N–H and O–H groups in total. The van der Waals surface area contributed by atoms with Crippen molar-refractivity contribution in [3.05, 3.63) is 42.1 Å². The van der Waals surface area contributed by atoms with Gasteiger partial charge in [-0.25, -0.2) is 0 Å². The molecule has 9 nitrogen and oxygen atoms in total. The van der Waals surface area contributed by atoms with Gasteiger partial charge in [-0.15, -0.1) is 5.10 Å². The third-order valence-corrected chi connectivity index (χ3v) is 6.00. The minimum absolute atomic E-state index is 0.0251. The van der Waals surface area contributed by atoms with Crippen molar-refractivity contribution < 1.29 is 10.2 Å². The fraction of sp³-hybridized carbons (Fsp3) is 0.409. The third kappa shape index (κ3) is 3.82. The summed E-state index contributed by atoms with van der Waals surface area (Å²) in [6, 6.07) is 12.2. The number of benzene rings is 1. The number of aromatic nitrogens is 5. The second-order valence-electron chi connectivity index (χ2n) is 8.17. The average Bonchev–Trinajstić information content (AvgIpc) is 3.38. The Bertz CT molecular complexity index is 1190. The Kier molecular flexibility index (Phi) is 5.21. The number of anilines is 3. The maximum atomic E-state index is 9.77. The smallest absolute Gasteiger partial charge is 0.250 e. The standard InChI is InChI=1S/C22H27N7O2/c1-14-18-10-7-16(13-19(18)26-25-14)28(11-12-30)22-24-21-4-2-3-20(29(21)27-22)23-15-5-8-17(31)9-6-15/h2-4,7,10,13,15,17,23,30-31H,5-6,8-9,11-12H2,1H3,(H,25,26). The second kappa shape index (κ2) is 8.16. The van der Waals surface area contributed by atoms with Gasteiger partial charge in [0.1, 0.15) is 5.82 Å². The van der Waals surface area contributed by atoms with Crippen molar-refractivity contribution in [2.24, 2.45) is 0 Å². The average molecular weight is 422 g/mol. The van der Waals surface area contributed by atoms with Crippen molar-refractivity contribution in [2.45, 2.75) is 44.8 Å². The highest BCUT2D eigenvalue weighted by Gasteiger charge is 2.21. The number of fused-ring (bicyclic) bond motifs is 2. The molecule has 9 heteroatoms. The Balaban J connectivity index is 1.48. The number of aliphatic hydroxyl groups is 2. The van der Waals surface area contributed by atoms with Crippen molar-refractivity contribution in [2.75, 3.05) is 23.4 Å². The summed E-state index contributed by atoms with van der Waals surface area (Å²) in [5.41, 5.74) is 3.49. The van der Waals surface area contributed by atoms with Crippen LogP contribution in [0.4, 0.5) is 17.5 Å². The maximum Gasteiger partial charge on any atom is 0.250 e. The van der Waals surface area contributed by atoms with E-state index >= 15 is 0 Å². The molecule has 4 aromatic rings. The monoisotopic (exact) mass is 421 g/mol. The predicted octanol–water partition coefficient (Wildman–Crippen LogP) is 2.76. The van der Waals surface area contributed by atoms with Crippen LogP contribution in [-0.2, 0) is 0 Å².